The Morgan fingerprint density at radius 3 is 2.83 bits per heavy atom. The number of fused-ring (bicyclic) bond motifs is 1. The molecular formula is C10H11NO. The lowest BCUT2D eigenvalue weighted by molar-refractivity contribution is 0.222. The van der Waals surface area contributed by atoms with Crippen molar-refractivity contribution in [2.45, 2.75) is 20.0 Å². The van der Waals surface area contributed by atoms with Crippen molar-refractivity contribution in [1.82, 2.24) is 0 Å². The highest BCUT2D eigenvalue weighted by Crippen LogP contribution is 2.59. The molecule has 12 heavy (non-hydrogen) atoms. The summed E-state index contributed by atoms with van der Waals surface area (Å²) >= 11 is 0. The molecule has 0 N–H and O–H groups in total. The molecule has 2 nitrogen and oxygen atoms in total. The van der Waals surface area contributed by atoms with Crippen LogP contribution in [0.5, 0.6) is 0 Å². The fourth-order valence-corrected chi connectivity index (χ4v) is 1.90. The lowest BCUT2D eigenvalue weighted by Crippen LogP contribution is -2.03. The average Bonchev–Trinajstić information content (AvgIpc) is 2.49. The minimum absolute atomic E-state index is 0.0948. The molecule has 3 unspecified atom stereocenters. The molecule has 1 saturated carbocycles. The number of nitriles is 1. The summed E-state index contributed by atoms with van der Waals surface area (Å²) in [4.78, 5) is 0. The van der Waals surface area contributed by atoms with Crippen LogP contribution in [0.2, 0.25) is 0 Å². The van der Waals surface area contributed by atoms with Gasteiger partial charge >= 0.3 is 0 Å². The second kappa shape index (κ2) is 2.13. The number of hydrogen-bond acceptors (Lipinski definition) is 2. The third-order valence-electron chi connectivity index (χ3n) is 2.47. The van der Waals surface area contributed by atoms with E-state index < -0.39 is 0 Å². The highest BCUT2D eigenvalue weighted by Gasteiger charge is 2.67. The largest absolute Gasteiger partial charge is 0.496 e. The summed E-state index contributed by atoms with van der Waals surface area (Å²) in [6.07, 6.45) is 5.79. The summed E-state index contributed by atoms with van der Waals surface area (Å²) in [5, 5.41) is 9.00. The zero-order valence-electron chi connectivity index (χ0n) is 7.24. The summed E-state index contributed by atoms with van der Waals surface area (Å²) in [7, 11) is 0. The third kappa shape index (κ3) is 0.739. The number of ether oxygens (including phenoxy) is 1. The number of allylic oxidation sites excluding steroid dienone is 1. The van der Waals surface area contributed by atoms with Crippen LogP contribution in [0.25, 0.3) is 0 Å². The van der Waals surface area contributed by atoms with Gasteiger partial charge in [-0.3, -0.25) is 0 Å². The Morgan fingerprint density at radius 1 is 1.67 bits per heavy atom. The normalized spacial score (nSPS) is 41.1. The Kier molecular flexibility index (Phi) is 1.32. The summed E-state index contributed by atoms with van der Waals surface area (Å²) in [6, 6.07) is 2.33. The summed E-state index contributed by atoms with van der Waals surface area (Å²) < 4.78 is 5.29. The fourth-order valence-electron chi connectivity index (χ4n) is 1.90. The maximum Gasteiger partial charge on any atom is 0.129 e. The smallest absolute Gasteiger partial charge is 0.129 e. The van der Waals surface area contributed by atoms with Gasteiger partial charge in [0.25, 0.3) is 0 Å². The molecule has 0 saturated heterocycles. The van der Waals surface area contributed by atoms with Gasteiger partial charge in [-0.1, -0.05) is 11.6 Å². The van der Waals surface area contributed by atoms with Crippen molar-refractivity contribution in [3.63, 3.8) is 0 Å². The van der Waals surface area contributed by atoms with E-state index in [1.807, 2.05) is 26.0 Å². The van der Waals surface area contributed by atoms with Crippen molar-refractivity contribution in [1.29, 1.82) is 5.26 Å². The minimum Gasteiger partial charge on any atom is -0.496 e. The van der Waals surface area contributed by atoms with E-state index >= 15 is 0 Å². The summed E-state index contributed by atoms with van der Waals surface area (Å²) in [5.74, 6) is 0.303. The van der Waals surface area contributed by atoms with Crippen LogP contribution >= 0.6 is 0 Å². The van der Waals surface area contributed by atoms with E-state index in [1.54, 1.807) is 6.26 Å². The first-order valence-corrected chi connectivity index (χ1v) is 4.10. The molecule has 2 aliphatic rings. The molecule has 2 heteroatoms. The van der Waals surface area contributed by atoms with Crippen molar-refractivity contribution < 1.29 is 4.74 Å². The van der Waals surface area contributed by atoms with Crippen LogP contribution < -0.4 is 0 Å². The summed E-state index contributed by atoms with van der Waals surface area (Å²) in [6.45, 7) is 4.02. The highest BCUT2D eigenvalue weighted by molar-refractivity contribution is 5.39. The van der Waals surface area contributed by atoms with Gasteiger partial charge in [0.1, 0.15) is 11.5 Å². The molecule has 0 amide bonds. The summed E-state index contributed by atoms with van der Waals surface area (Å²) in [5.41, 5.74) is 0.844. The predicted octanol–water partition coefficient (Wildman–Crippen LogP) is 2.00. The van der Waals surface area contributed by atoms with Crippen LogP contribution in [-0.2, 0) is 4.74 Å². The molecule has 0 spiro atoms. The first kappa shape index (κ1) is 7.42. The monoisotopic (exact) mass is 161 g/mol. The van der Waals surface area contributed by atoms with Crippen LogP contribution in [-0.4, -0.2) is 6.10 Å². The average molecular weight is 161 g/mol. The second-order valence-electron chi connectivity index (χ2n) is 3.68. The Hall–Kier alpha value is -1.23. The Bertz CT molecular complexity index is 306. The fraction of sp³-hybridized carbons (Fsp3) is 0.500. The van der Waals surface area contributed by atoms with E-state index in [2.05, 4.69) is 6.07 Å². The number of rotatable bonds is 1. The number of nitrogens with zero attached hydrogens (tertiary/aromatic N) is 1. The standard InChI is InChI=1S/C10H11NO/c1-7(2)5-10(6-11)8-3-4-12-9(8)10/h3-5,8-9H,1-2H3. The second-order valence-corrected chi connectivity index (χ2v) is 3.68. The lowest BCUT2D eigenvalue weighted by atomic mass is 10.0. The molecule has 1 heterocycles. The highest BCUT2D eigenvalue weighted by atomic mass is 16.5. The molecule has 1 aliphatic heterocycles. The quantitative estimate of drug-likeness (QED) is 0.551. The Balaban J connectivity index is 2.28. The van der Waals surface area contributed by atoms with Crippen LogP contribution in [0, 0.1) is 22.7 Å². The van der Waals surface area contributed by atoms with Gasteiger partial charge in [0, 0.05) is 5.92 Å². The van der Waals surface area contributed by atoms with Gasteiger partial charge in [0.05, 0.1) is 12.3 Å². The van der Waals surface area contributed by atoms with Gasteiger partial charge in [0.2, 0.25) is 0 Å². The maximum absolute atomic E-state index is 9.00. The van der Waals surface area contributed by atoms with E-state index in [4.69, 9.17) is 10.00 Å². The van der Waals surface area contributed by atoms with Crippen molar-refractivity contribution in [3.8, 4) is 6.07 Å². The lowest BCUT2D eigenvalue weighted by Gasteiger charge is -2.04. The van der Waals surface area contributed by atoms with Crippen LogP contribution in [0.3, 0.4) is 0 Å². The number of hydrogen-bond donors (Lipinski definition) is 0. The van der Waals surface area contributed by atoms with Crippen molar-refractivity contribution >= 4 is 0 Å². The van der Waals surface area contributed by atoms with Gasteiger partial charge < -0.3 is 4.74 Å². The van der Waals surface area contributed by atoms with Crippen molar-refractivity contribution in [3.05, 3.63) is 24.0 Å². The molecule has 62 valence electrons. The van der Waals surface area contributed by atoms with Crippen LogP contribution in [0.4, 0.5) is 0 Å². The van der Waals surface area contributed by atoms with Gasteiger partial charge in [-0.25, -0.2) is 0 Å². The molecular weight excluding hydrogens is 150 g/mol. The van der Waals surface area contributed by atoms with E-state index in [-0.39, 0.29) is 11.5 Å². The molecule has 3 atom stereocenters. The van der Waals surface area contributed by atoms with Crippen LogP contribution in [0.1, 0.15) is 13.8 Å². The minimum atomic E-state index is -0.340. The zero-order chi connectivity index (χ0) is 8.77. The van der Waals surface area contributed by atoms with Crippen molar-refractivity contribution in [2.75, 3.05) is 0 Å². The Labute approximate surface area is 72.1 Å². The van der Waals surface area contributed by atoms with Gasteiger partial charge in [-0.15, -0.1) is 0 Å². The molecule has 0 radical (unpaired) electrons. The van der Waals surface area contributed by atoms with E-state index in [9.17, 15) is 0 Å². The maximum atomic E-state index is 9.00. The Morgan fingerprint density at radius 2 is 2.42 bits per heavy atom. The molecule has 2 rings (SSSR count). The molecule has 1 fully saturated rings. The van der Waals surface area contributed by atoms with E-state index in [1.165, 1.54) is 5.57 Å². The first-order valence-electron chi connectivity index (χ1n) is 4.10. The van der Waals surface area contributed by atoms with Gasteiger partial charge in [-0.2, -0.15) is 5.26 Å². The zero-order valence-corrected chi connectivity index (χ0v) is 7.24. The first-order chi connectivity index (χ1) is 5.70. The van der Waals surface area contributed by atoms with Crippen LogP contribution in [0.15, 0.2) is 24.0 Å². The third-order valence-corrected chi connectivity index (χ3v) is 2.47. The van der Waals surface area contributed by atoms with Gasteiger partial charge in [-0.05, 0) is 19.9 Å². The van der Waals surface area contributed by atoms with E-state index in [0.717, 1.165) is 0 Å². The van der Waals surface area contributed by atoms with Crippen molar-refractivity contribution in [2.24, 2.45) is 11.3 Å². The predicted molar refractivity (Wildman–Crippen MR) is 45.0 cm³/mol. The SMILES string of the molecule is CC(C)=CC1(C#N)C2C=COC21. The van der Waals surface area contributed by atoms with E-state index in [0.29, 0.717) is 5.92 Å². The molecule has 0 aromatic carbocycles. The molecule has 0 aromatic rings. The molecule has 0 bridgehead atoms. The topological polar surface area (TPSA) is 33.0 Å². The molecule has 0 aromatic heterocycles. The van der Waals surface area contributed by atoms with Gasteiger partial charge in [0.15, 0.2) is 0 Å². The molecule has 1 aliphatic carbocycles.